The molecule has 2 heterocycles. The number of amides is 2. The number of benzene rings is 2. The number of carbonyl (C=O) groups excluding carboxylic acids is 3. The molecule has 3 aromatic rings. The van der Waals surface area contributed by atoms with E-state index in [0.717, 1.165) is 32.7 Å². The molecule has 1 aliphatic heterocycles. The zero-order chi connectivity index (χ0) is 30.7. The van der Waals surface area contributed by atoms with Gasteiger partial charge in [0.05, 0.1) is 17.7 Å². The number of fused-ring (bicyclic) bond motifs is 1. The summed E-state index contributed by atoms with van der Waals surface area (Å²) in [6.45, 7) is 1.64. The standard InChI is InChI=1S/C27H27F3N4O7S/c1-16-13-18(20-5-3-4-6-22(20)31-16)15-40-19-9-7-17(8-10-19)24(35)32-23-11-12-34(42(2,38)39)14-21(23)25(36)33-41-26(37)27(28,29)30/h3-10,13,21,23H,11-12,14-15H2,1-2H3,(H,32,35)(H,33,36)/t21-,23+/m0/s1. The highest BCUT2D eigenvalue weighted by Gasteiger charge is 2.43. The lowest BCUT2D eigenvalue weighted by molar-refractivity contribution is -0.208. The molecule has 4 rings (SSSR count). The lowest BCUT2D eigenvalue weighted by atomic mass is 9.92. The molecule has 11 nitrogen and oxygen atoms in total. The maximum Gasteiger partial charge on any atom is 0.493 e. The molecule has 1 aromatic heterocycles. The van der Waals surface area contributed by atoms with Crippen molar-refractivity contribution in [2.75, 3.05) is 19.3 Å². The van der Waals surface area contributed by atoms with Crippen LogP contribution in [0.4, 0.5) is 13.2 Å². The average Bonchev–Trinajstić information content (AvgIpc) is 2.93. The van der Waals surface area contributed by atoms with Crippen LogP contribution in [0.3, 0.4) is 0 Å². The van der Waals surface area contributed by atoms with Gasteiger partial charge in [0, 0.05) is 41.3 Å². The molecule has 1 saturated heterocycles. The van der Waals surface area contributed by atoms with Gasteiger partial charge in [0.15, 0.2) is 0 Å². The first kappa shape index (κ1) is 30.7. The van der Waals surface area contributed by atoms with Crippen LogP contribution in [0.25, 0.3) is 10.9 Å². The lowest BCUT2D eigenvalue weighted by Crippen LogP contribution is -2.57. The molecule has 0 bridgehead atoms. The Hall–Kier alpha value is -4.24. The number of para-hydroxylation sites is 1. The number of halogens is 3. The Morgan fingerprint density at radius 2 is 1.79 bits per heavy atom. The molecule has 0 aliphatic carbocycles. The number of nitrogens with zero attached hydrogens (tertiary/aromatic N) is 2. The van der Waals surface area contributed by atoms with Crippen LogP contribution >= 0.6 is 0 Å². The Kier molecular flexibility index (Phi) is 9.01. The van der Waals surface area contributed by atoms with Gasteiger partial charge >= 0.3 is 12.1 Å². The Bertz CT molecular complexity index is 1600. The van der Waals surface area contributed by atoms with E-state index in [2.05, 4.69) is 15.1 Å². The Balaban J connectivity index is 1.42. The fourth-order valence-corrected chi connectivity index (χ4v) is 5.39. The van der Waals surface area contributed by atoms with Crippen LogP contribution in [-0.2, 0) is 31.1 Å². The maximum absolute atomic E-state index is 13.0. The van der Waals surface area contributed by atoms with Gasteiger partial charge in [-0.05, 0) is 49.7 Å². The minimum atomic E-state index is -5.35. The van der Waals surface area contributed by atoms with E-state index in [-0.39, 0.29) is 25.1 Å². The summed E-state index contributed by atoms with van der Waals surface area (Å²) in [7, 11) is -3.76. The minimum absolute atomic E-state index is 0.0232. The van der Waals surface area contributed by atoms with Crippen LogP contribution in [0.2, 0.25) is 0 Å². The van der Waals surface area contributed by atoms with Crippen molar-refractivity contribution < 1.29 is 45.5 Å². The summed E-state index contributed by atoms with van der Waals surface area (Å²) in [5, 5.41) is 3.58. The fourth-order valence-electron chi connectivity index (χ4n) is 4.52. The first-order valence-corrected chi connectivity index (χ1v) is 14.5. The van der Waals surface area contributed by atoms with Gasteiger partial charge < -0.3 is 14.9 Å². The number of aryl methyl sites for hydroxylation is 1. The predicted molar refractivity (Wildman–Crippen MR) is 143 cm³/mol. The van der Waals surface area contributed by atoms with E-state index >= 15 is 0 Å². The third-order valence-corrected chi connectivity index (χ3v) is 7.88. The van der Waals surface area contributed by atoms with Gasteiger partial charge in [0.2, 0.25) is 10.0 Å². The van der Waals surface area contributed by atoms with Crippen molar-refractivity contribution >= 4 is 38.7 Å². The number of hydrogen-bond donors (Lipinski definition) is 2. The van der Waals surface area contributed by atoms with Gasteiger partial charge in [-0.2, -0.15) is 18.7 Å². The van der Waals surface area contributed by atoms with Crippen LogP contribution < -0.4 is 15.5 Å². The predicted octanol–water partition coefficient (Wildman–Crippen LogP) is 2.64. The first-order chi connectivity index (χ1) is 19.7. The number of carbonyl (C=O) groups is 3. The molecule has 42 heavy (non-hydrogen) atoms. The lowest BCUT2D eigenvalue weighted by Gasteiger charge is -2.36. The van der Waals surface area contributed by atoms with Crippen molar-refractivity contribution in [2.24, 2.45) is 5.92 Å². The monoisotopic (exact) mass is 608 g/mol. The molecule has 1 aliphatic rings. The largest absolute Gasteiger partial charge is 0.493 e. The number of pyridine rings is 1. The van der Waals surface area contributed by atoms with Crippen LogP contribution in [0.5, 0.6) is 5.75 Å². The molecule has 0 spiro atoms. The normalized spacial score (nSPS) is 17.8. The third-order valence-electron chi connectivity index (χ3n) is 6.61. The average molecular weight is 609 g/mol. The quantitative estimate of drug-likeness (QED) is 0.390. The number of hydroxylamine groups is 1. The van der Waals surface area contributed by atoms with Crippen LogP contribution in [-0.4, -0.2) is 67.1 Å². The van der Waals surface area contributed by atoms with Crippen LogP contribution in [0, 0.1) is 12.8 Å². The molecule has 0 saturated carbocycles. The summed E-state index contributed by atoms with van der Waals surface area (Å²) >= 11 is 0. The van der Waals surface area contributed by atoms with Crippen LogP contribution in [0.1, 0.15) is 28.0 Å². The summed E-state index contributed by atoms with van der Waals surface area (Å²) < 4.78 is 68.3. The minimum Gasteiger partial charge on any atom is -0.489 e. The van der Waals surface area contributed by atoms with E-state index in [9.17, 15) is 36.0 Å². The van der Waals surface area contributed by atoms with Crippen molar-refractivity contribution in [2.45, 2.75) is 32.2 Å². The van der Waals surface area contributed by atoms with E-state index < -0.39 is 52.5 Å². The van der Waals surface area contributed by atoms with E-state index in [1.165, 1.54) is 17.6 Å². The molecule has 0 radical (unpaired) electrons. The van der Waals surface area contributed by atoms with Crippen molar-refractivity contribution in [3.8, 4) is 5.75 Å². The summed E-state index contributed by atoms with van der Waals surface area (Å²) in [6, 6.07) is 14.8. The van der Waals surface area contributed by atoms with E-state index in [1.54, 1.807) is 12.1 Å². The van der Waals surface area contributed by atoms with Gasteiger partial charge in [-0.25, -0.2) is 17.5 Å². The molecule has 224 valence electrons. The van der Waals surface area contributed by atoms with Gasteiger partial charge in [-0.1, -0.05) is 18.2 Å². The SMILES string of the molecule is Cc1cc(COc2ccc(C(=O)N[C@@H]3CCN(S(C)(=O)=O)C[C@@H]3C(=O)NOC(=O)C(F)(F)F)cc2)c2ccccc2n1. The highest BCUT2D eigenvalue weighted by Crippen LogP contribution is 2.23. The number of sulfonamides is 1. The Labute approximate surface area is 239 Å². The first-order valence-electron chi connectivity index (χ1n) is 12.6. The van der Waals surface area contributed by atoms with Crippen molar-refractivity contribution in [1.82, 2.24) is 20.1 Å². The number of alkyl halides is 3. The van der Waals surface area contributed by atoms with Gasteiger partial charge in [-0.15, -0.1) is 0 Å². The molecule has 2 atom stereocenters. The second kappa shape index (κ2) is 12.3. The third kappa shape index (κ3) is 7.53. The number of rotatable bonds is 7. The smallest absolute Gasteiger partial charge is 0.489 e. The highest BCUT2D eigenvalue weighted by atomic mass is 32.2. The molecule has 0 unspecified atom stereocenters. The maximum atomic E-state index is 13.0. The number of nitrogens with one attached hydrogen (secondary N) is 2. The van der Waals surface area contributed by atoms with Gasteiger partial charge in [0.1, 0.15) is 12.4 Å². The Morgan fingerprint density at radius 3 is 2.45 bits per heavy atom. The van der Waals surface area contributed by atoms with Crippen molar-refractivity contribution in [3.05, 3.63) is 71.4 Å². The molecular weight excluding hydrogens is 581 g/mol. The van der Waals surface area contributed by atoms with Crippen molar-refractivity contribution in [3.63, 3.8) is 0 Å². The zero-order valence-corrected chi connectivity index (χ0v) is 23.3. The fraction of sp³-hybridized carbons (Fsp3) is 0.333. The molecule has 2 aromatic carbocycles. The summed E-state index contributed by atoms with van der Waals surface area (Å²) in [5.74, 6) is -5.33. The van der Waals surface area contributed by atoms with E-state index in [0.29, 0.717) is 5.75 Å². The molecule has 15 heteroatoms. The molecule has 2 amide bonds. The second-order valence-electron chi connectivity index (χ2n) is 9.70. The summed E-state index contributed by atoms with van der Waals surface area (Å²) in [6.07, 6.45) is -4.47. The molecule has 2 N–H and O–H groups in total. The highest BCUT2D eigenvalue weighted by molar-refractivity contribution is 7.88. The van der Waals surface area contributed by atoms with E-state index in [1.807, 2.05) is 37.3 Å². The Morgan fingerprint density at radius 1 is 1.10 bits per heavy atom. The van der Waals surface area contributed by atoms with E-state index in [4.69, 9.17) is 4.74 Å². The van der Waals surface area contributed by atoms with Gasteiger partial charge in [-0.3, -0.25) is 14.6 Å². The number of piperidine rings is 1. The second-order valence-corrected chi connectivity index (χ2v) is 11.7. The number of aromatic nitrogens is 1. The van der Waals surface area contributed by atoms with Gasteiger partial charge in [0.25, 0.3) is 11.8 Å². The summed E-state index contributed by atoms with van der Waals surface area (Å²) in [4.78, 5) is 44.9. The van der Waals surface area contributed by atoms with Crippen molar-refractivity contribution in [1.29, 1.82) is 0 Å². The van der Waals surface area contributed by atoms with Crippen LogP contribution in [0.15, 0.2) is 54.6 Å². The molecule has 1 fully saturated rings. The zero-order valence-electron chi connectivity index (χ0n) is 22.5. The summed E-state index contributed by atoms with van der Waals surface area (Å²) in [5.41, 5.74) is 4.24. The topological polar surface area (TPSA) is 144 Å². The number of hydrogen-bond acceptors (Lipinski definition) is 8. The number of ether oxygens (including phenoxy) is 1. The molecular formula is C27H27F3N4O7S.